The zero-order valence-electron chi connectivity index (χ0n) is 10.8. The minimum Gasteiger partial charge on any atom is -0.375 e. The second-order valence-corrected chi connectivity index (χ2v) is 5.53. The molecule has 0 fully saturated rings. The summed E-state index contributed by atoms with van der Waals surface area (Å²) >= 11 is 11.9. The number of anilines is 1. The third-order valence-corrected chi connectivity index (χ3v) is 3.57. The molecule has 0 aliphatic heterocycles. The number of carbonyl (C=O) groups excluding carboxylic acids is 1. The fourth-order valence-corrected chi connectivity index (χ4v) is 1.69. The molecule has 3 nitrogen and oxygen atoms in total. The Balaban J connectivity index is 2.56. The van der Waals surface area contributed by atoms with Crippen LogP contribution in [0, 0.1) is 0 Å². The summed E-state index contributed by atoms with van der Waals surface area (Å²) in [7, 11) is 0. The summed E-state index contributed by atoms with van der Waals surface area (Å²) in [6, 6.07) is 5.27. The van der Waals surface area contributed by atoms with Gasteiger partial charge in [-0.1, -0.05) is 36.2 Å². The first-order valence-electron chi connectivity index (χ1n) is 5.84. The van der Waals surface area contributed by atoms with Crippen LogP contribution in [0.4, 0.5) is 5.69 Å². The maximum atomic E-state index is 11.7. The van der Waals surface area contributed by atoms with Gasteiger partial charge in [0.2, 0.25) is 5.91 Å². The molecule has 100 valence electrons. The maximum Gasteiger partial charge on any atom is 0.239 e. The normalized spacial score (nSPS) is 11.2. The molecular weight excluding hydrogens is 271 g/mol. The van der Waals surface area contributed by atoms with Crippen LogP contribution in [0.25, 0.3) is 0 Å². The number of rotatable bonds is 5. The van der Waals surface area contributed by atoms with E-state index in [1.807, 2.05) is 20.8 Å². The number of hydrogen-bond donors (Lipinski definition) is 2. The number of amides is 1. The van der Waals surface area contributed by atoms with Gasteiger partial charge in [0.25, 0.3) is 0 Å². The van der Waals surface area contributed by atoms with Crippen LogP contribution in [-0.2, 0) is 4.79 Å². The lowest BCUT2D eigenvalue weighted by atomic mass is 10.0. The van der Waals surface area contributed by atoms with Gasteiger partial charge in [-0.05, 0) is 32.4 Å². The highest BCUT2D eigenvalue weighted by Crippen LogP contribution is 2.29. The minimum absolute atomic E-state index is 0.0714. The fraction of sp³-hybridized carbons (Fsp3) is 0.462. The summed E-state index contributed by atoms with van der Waals surface area (Å²) in [6.07, 6.45) is 0.872. The molecule has 0 aromatic heterocycles. The highest BCUT2D eigenvalue weighted by atomic mass is 35.5. The monoisotopic (exact) mass is 288 g/mol. The van der Waals surface area contributed by atoms with E-state index in [0.29, 0.717) is 15.7 Å². The average molecular weight is 289 g/mol. The molecule has 1 aromatic carbocycles. The van der Waals surface area contributed by atoms with Crippen LogP contribution in [0.2, 0.25) is 10.0 Å². The van der Waals surface area contributed by atoms with E-state index in [0.717, 1.165) is 6.42 Å². The van der Waals surface area contributed by atoms with E-state index in [2.05, 4.69) is 10.6 Å². The number of benzene rings is 1. The van der Waals surface area contributed by atoms with Crippen LogP contribution in [0.5, 0.6) is 0 Å². The first-order chi connectivity index (χ1) is 8.35. The van der Waals surface area contributed by atoms with Crippen molar-refractivity contribution >= 4 is 34.8 Å². The van der Waals surface area contributed by atoms with Crippen LogP contribution in [0.3, 0.4) is 0 Å². The Bertz CT molecular complexity index is 433. The van der Waals surface area contributed by atoms with Gasteiger partial charge in [-0.2, -0.15) is 0 Å². The van der Waals surface area contributed by atoms with Crippen LogP contribution in [0.15, 0.2) is 18.2 Å². The molecule has 5 heteroatoms. The second kappa shape index (κ2) is 6.30. The molecule has 0 atom stereocenters. The summed E-state index contributed by atoms with van der Waals surface area (Å²) in [6.45, 7) is 6.17. The molecule has 0 aliphatic carbocycles. The largest absolute Gasteiger partial charge is 0.375 e. The highest BCUT2D eigenvalue weighted by Gasteiger charge is 2.17. The van der Waals surface area contributed by atoms with Crippen molar-refractivity contribution in [3.8, 4) is 0 Å². The number of halogens is 2. The first-order valence-corrected chi connectivity index (χ1v) is 6.60. The number of nitrogens with one attached hydrogen (secondary N) is 2. The van der Waals surface area contributed by atoms with E-state index in [9.17, 15) is 4.79 Å². The fourth-order valence-electron chi connectivity index (χ4n) is 1.33. The van der Waals surface area contributed by atoms with E-state index in [4.69, 9.17) is 23.2 Å². The van der Waals surface area contributed by atoms with Crippen molar-refractivity contribution in [2.75, 3.05) is 11.9 Å². The van der Waals surface area contributed by atoms with Gasteiger partial charge in [-0.3, -0.25) is 4.79 Å². The van der Waals surface area contributed by atoms with Crippen LogP contribution in [0.1, 0.15) is 27.2 Å². The van der Waals surface area contributed by atoms with Crippen molar-refractivity contribution in [2.24, 2.45) is 0 Å². The molecule has 0 heterocycles. The van der Waals surface area contributed by atoms with E-state index < -0.39 is 0 Å². The molecule has 1 aromatic rings. The van der Waals surface area contributed by atoms with Gasteiger partial charge in [0.1, 0.15) is 0 Å². The average Bonchev–Trinajstić information content (AvgIpc) is 2.30. The molecule has 1 rings (SSSR count). The minimum atomic E-state index is -0.198. The number of carbonyl (C=O) groups is 1. The summed E-state index contributed by atoms with van der Waals surface area (Å²) < 4.78 is 0. The molecule has 2 N–H and O–H groups in total. The van der Waals surface area contributed by atoms with Crippen LogP contribution in [-0.4, -0.2) is 18.0 Å². The maximum absolute atomic E-state index is 11.7. The third kappa shape index (κ3) is 4.39. The van der Waals surface area contributed by atoms with Crippen LogP contribution < -0.4 is 10.6 Å². The summed E-state index contributed by atoms with van der Waals surface area (Å²) in [5.41, 5.74) is 0.463. The third-order valence-electron chi connectivity index (χ3n) is 2.75. The summed E-state index contributed by atoms with van der Waals surface area (Å²) in [5, 5.41) is 6.81. The highest BCUT2D eigenvalue weighted by molar-refractivity contribution is 6.43. The zero-order chi connectivity index (χ0) is 13.8. The van der Waals surface area contributed by atoms with Gasteiger partial charge < -0.3 is 10.6 Å². The van der Waals surface area contributed by atoms with Crippen molar-refractivity contribution in [1.82, 2.24) is 5.32 Å². The number of hydrogen-bond acceptors (Lipinski definition) is 2. The standard InChI is InChI=1S/C13H18Cl2N2O/c1-4-13(2,3)17-11(18)8-16-10-7-5-6-9(14)12(10)15/h5-7,16H,4,8H2,1-3H3,(H,17,18). The lowest BCUT2D eigenvalue weighted by Gasteiger charge is -2.24. The summed E-state index contributed by atoms with van der Waals surface area (Å²) in [5.74, 6) is -0.0714. The summed E-state index contributed by atoms with van der Waals surface area (Å²) in [4.78, 5) is 11.7. The lowest BCUT2D eigenvalue weighted by Crippen LogP contribution is -2.45. The molecular formula is C13H18Cl2N2O. The Morgan fingerprint density at radius 2 is 2.00 bits per heavy atom. The SMILES string of the molecule is CCC(C)(C)NC(=O)CNc1cccc(Cl)c1Cl. The van der Waals surface area contributed by atoms with Crippen molar-refractivity contribution in [2.45, 2.75) is 32.7 Å². The molecule has 0 bridgehead atoms. The van der Waals surface area contributed by atoms with Crippen molar-refractivity contribution < 1.29 is 4.79 Å². The Hall–Kier alpha value is -0.930. The Kier molecular flexibility index (Phi) is 5.29. The Labute approximate surface area is 118 Å². The predicted molar refractivity (Wildman–Crippen MR) is 77.5 cm³/mol. The molecule has 1 amide bonds. The van der Waals surface area contributed by atoms with Gasteiger partial charge in [0, 0.05) is 5.54 Å². The smallest absolute Gasteiger partial charge is 0.239 e. The van der Waals surface area contributed by atoms with Crippen LogP contribution >= 0.6 is 23.2 Å². The molecule has 0 spiro atoms. The van der Waals surface area contributed by atoms with Crippen molar-refractivity contribution in [3.63, 3.8) is 0 Å². The lowest BCUT2D eigenvalue weighted by molar-refractivity contribution is -0.121. The van der Waals surface area contributed by atoms with Gasteiger partial charge in [-0.25, -0.2) is 0 Å². The molecule has 0 saturated heterocycles. The van der Waals surface area contributed by atoms with E-state index in [1.54, 1.807) is 18.2 Å². The second-order valence-electron chi connectivity index (χ2n) is 4.74. The first kappa shape index (κ1) is 15.1. The topological polar surface area (TPSA) is 41.1 Å². The Morgan fingerprint density at radius 1 is 1.33 bits per heavy atom. The molecule has 0 unspecified atom stereocenters. The molecule has 0 saturated carbocycles. The van der Waals surface area contributed by atoms with E-state index >= 15 is 0 Å². The van der Waals surface area contributed by atoms with E-state index in [-0.39, 0.29) is 18.0 Å². The zero-order valence-corrected chi connectivity index (χ0v) is 12.3. The van der Waals surface area contributed by atoms with Crippen molar-refractivity contribution in [1.29, 1.82) is 0 Å². The van der Waals surface area contributed by atoms with Gasteiger partial charge >= 0.3 is 0 Å². The molecule has 18 heavy (non-hydrogen) atoms. The quantitative estimate of drug-likeness (QED) is 0.867. The molecule has 0 radical (unpaired) electrons. The van der Waals surface area contributed by atoms with Gasteiger partial charge in [0.05, 0.1) is 22.3 Å². The van der Waals surface area contributed by atoms with Gasteiger partial charge in [0.15, 0.2) is 0 Å². The predicted octanol–water partition coefficient (Wildman–Crippen LogP) is 3.71. The van der Waals surface area contributed by atoms with Crippen molar-refractivity contribution in [3.05, 3.63) is 28.2 Å². The molecule has 0 aliphatic rings. The van der Waals surface area contributed by atoms with E-state index in [1.165, 1.54) is 0 Å². The Morgan fingerprint density at radius 3 is 2.61 bits per heavy atom. The van der Waals surface area contributed by atoms with Gasteiger partial charge in [-0.15, -0.1) is 0 Å².